The molecule has 0 aromatic carbocycles. The van der Waals surface area contributed by atoms with Gasteiger partial charge in [-0.2, -0.15) is 0 Å². The topological polar surface area (TPSA) is 12.0 Å². The van der Waals surface area contributed by atoms with Crippen molar-refractivity contribution in [2.24, 2.45) is 0 Å². The molecule has 67 valence electrons. The van der Waals surface area contributed by atoms with E-state index in [0.29, 0.717) is 0 Å². The first-order chi connectivity index (χ1) is 6.18. The molecule has 1 heteroatoms. The molecule has 0 fully saturated rings. The van der Waals surface area contributed by atoms with E-state index in [2.05, 4.69) is 44.7 Å². The molecule has 0 atom stereocenters. The average Bonchev–Trinajstić information content (AvgIpc) is 2.09. The van der Waals surface area contributed by atoms with Gasteiger partial charge in [0.2, 0.25) is 0 Å². The van der Waals surface area contributed by atoms with Gasteiger partial charge in [0.1, 0.15) is 0 Å². The Bertz CT molecular complexity index is 365. The third-order valence-corrected chi connectivity index (χ3v) is 2.63. The van der Waals surface area contributed by atoms with Crippen molar-refractivity contribution in [2.75, 3.05) is 0 Å². The van der Waals surface area contributed by atoms with E-state index in [4.69, 9.17) is 0 Å². The zero-order valence-electron chi connectivity index (χ0n) is 8.31. The van der Waals surface area contributed by atoms with Gasteiger partial charge < -0.3 is 5.32 Å². The highest BCUT2D eigenvalue weighted by molar-refractivity contribution is 5.57. The molecule has 0 saturated heterocycles. The first kappa shape index (κ1) is 8.36. The highest BCUT2D eigenvalue weighted by atomic mass is 14.9. The van der Waals surface area contributed by atoms with Crippen LogP contribution in [-0.4, -0.2) is 0 Å². The van der Waals surface area contributed by atoms with E-state index >= 15 is 0 Å². The zero-order chi connectivity index (χ0) is 9.42. The first-order valence-corrected chi connectivity index (χ1v) is 4.57. The van der Waals surface area contributed by atoms with Crippen LogP contribution in [0.15, 0.2) is 46.3 Å². The summed E-state index contributed by atoms with van der Waals surface area (Å²) in [5, 5.41) is 3.26. The normalized spacial score (nSPS) is 21.3. The third-order valence-electron chi connectivity index (χ3n) is 2.63. The van der Waals surface area contributed by atoms with Crippen LogP contribution in [0.4, 0.5) is 0 Å². The minimum Gasteiger partial charge on any atom is -0.361 e. The zero-order valence-corrected chi connectivity index (χ0v) is 8.31. The van der Waals surface area contributed by atoms with Crippen molar-refractivity contribution in [1.29, 1.82) is 0 Å². The quantitative estimate of drug-likeness (QED) is 0.592. The lowest BCUT2D eigenvalue weighted by Gasteiger charge is -2.23. The fraction of sp³-hybridized carbons (Fsp3) is 0.250. The number of hydrogen-bond acceptors (Lipinski definition) is 1. The third kappa shape index (κ3) is 1.35. The monoisotopic (exact) mass is 172 g/mol. The number of dihydropyridines is 1. The molecule has 1 heterocycles. The second kappa shape index (κ2) is 2.91. The Morgan fingerprint density at radius 3 is 2.54 bits per heavy atom. The Balaban J connectivity index is 2.47. The number of nitrogens with one attached hydrogen (secondary N) is 1. The molecule has 1 aliphatic heterocycles. The van der Waals surface area contributed by atoms with Crippen LogP contribution in [0.3, 0.4) is 0 Å². The number of allylic oxidation sites excluding steroid dienone is 6. The van der Waals surface area contributed by atoms with Crippen molar-refractivity contribution in [3.63, 3.8) is 0 Å². The maximum Gasteiger partial charge on any atom is 0.0424 e. The SMILES string of the molecule is CC1=C(C)C=C2NC=CC(C)=C2[CH]1. The Hall–Kier alpha value is -1.24. The van der Waals surface area contributed by atoms with Crippen molar-refractivity contribution in [2.45, 2.75) is 20.8 Å². The molecule has 1 nitrogen and oxygen atoms in total. The summed E-state index contributed by atoms with van der Waals surface area (Å²) in [4.78, 5) is 0. The van der Waals surface area contributed by atoms with Crippen LogP contribution in [0.2, 0.25) is 0 Å². The van der Waals surface area contributed by atoms with Gasteiger partial charge in [0.25, 0.3) is 0 Å². The first-order valence-electron chi connectivity index (χ1n) is 4.57. The predicted molar refractivity (Wildman–Crippen MR) is 55.7 cm³/mol. The molecule has 0 amide bonds. The van der Waals surface area contributed by atoms with Crippen molar-refractivity contribution in [3.8, 4) is 0 Å². The van der Waals surface area contributed by atoms with E-state index in [1.54, 1.807) is 0 Å². The summed E-state index contributed by atoms with van der Waals surface area (Å²) in [6.45, 7) is 6.44. The van der Waals surface area contributed by atoms with Gasteiger partial charge in [-0.3, -0.25) is 0 Å². The van der Waals surface area contributed by atoms with Crippen LogP contribution in [0.5, 0.6) is 0 Å². The lowest BCUT2D eigenvalue weighted by Crippen LogP contribution is -2.16. The molecule has 0 aromatic heterocycles. The maximum absolute atomic E-state index is 3.26. The van der Waals surface area contributed by atoms with Crippen LogP contribution in [0.1, 0.15) is 20.8 Å². The second-order valence-corrected chi connectivity index (χ2v) is 3.64. The summed E-state index contributed by atoms with van der Waals surface area (Å²) in [6.07, 6.45) is 8.55. The summed E-state index contributed by atoms with van der Waals surface area (Å²) in [5.74, 6) is 0. The smallest absolute Gasteiger partial charge is 0.0424 e. The predicted octanol–water partition coefficient (Wildman–Crippen LogP) is 2.86. The van der Waals surface area contributed by atoms with Gasteiger partial charge in [0.15, 0.2) is 0 Å². The van der Waals surface area contributed by atoms with E-state index < -0.39 is 0 Å². The lowest BCUT2D eigenvalue weighted by atomic mass is 9.89. The van der Waals surface area contributed by atoms with Gasteiger partial charge in [-0.25, -0.2) is 0 Å². The molecule has 13 heavy (non-hydrogen) atoms. The van der Waals surface area contributed by atoms with E-state index in [9.17, 15) is 0 Å². The van der Waals surface area contributed by atoms with Gasteiger partial charge in [-0.15, -0.1) is 0 Å². The lowest BCUT2D eigenvalue weighted by molar-refractivity contribution is 1.00. The van der Waals surface area contributed by atoms with Gasteiger partial charge in [0.05, 0.1) is 0 Å². The van der Waals surface area contributed by atoms with E-state index in [1.807, 2.05) is 6.20 Å². The summed E-state index contributed by atoms with van der Waals surface area (Å²) in [5.41, 5.74) is 6.58. The average molecular weight is 172 g/mol. The summed E-state index contributed by atoms with van der Waals surface area (Å²) in [7, 11) is 0. The molecule has 0 bridgehead atoms. The van der Waals surface area contributed by atoms with Gasteiger partial charge in [-0.05, 0) is 49.6 Å². The van der Waals surface area contributed by atoms with Crippen LogP contribution in [0, 0.1) is 6.42 Å². The van der Waals surface area contributed by atoms with Crippen molar-refractivity contribution in [1.82, 2.24) is 5.32 Å². The molecular weight excluding hydrogens is 158 g/mol. The second-order valence-electron chi connectivity index (χ2n) is 3.64. The molecule has 0 unspecified atom stereocenters. The Morgan fingerprint density at radius 2 is 1.77 bits per heavy atom. The van der Waals surface area contributed by atoms with Crippen LogP contribution in [-0.2, 0) is 0 Å². The molecule has 2 rings (SSSR count). The van der Waals surface area contributed by atoms with Crippen molar-refractivity contribution < 1.29 is 0 Å². The Morgan fingerprint density at radius 1 is 1.00 bits per heavy atom. The minimum atomic E-state index is 1.23. The largest absolute Gasteiger partial charge is 0.361 e. The van der Waals surface area contributed by atoms with Gasteiger partial charge in [0, 0.05) is 18.3 Å². The fourth-order valence-electron chi connectivity index (χ4n) is 1.61. The molecule has 1 radical (unpaired) electrons. The number of fused-ring (bicyclic) bond motifs is 1. The molecular formula is C12H14N. The standard InChI is InChI=1S/C12H14N/c1-8-4-5-13-12-7-10(3)9(2)6-11(8)12/h4-7,13H,1-3H3. The van der Waals surface area contributed by atoms with Crippen molar-refractivity contribution >= 4 is 0 Å². The molecule has 1 N–H and O–H groups in total. The molecule has 0 aromatic rings. The van der Waals surface area contributed by atoms with Crippen LogP contribution >= 0.6 is 0 Å². The fourth-order valence-corrected chi connectivity index (χ4v) is 1.61. The molecule has 1 aliphatic carbocycles. The Kier molecular flexibility index (Phi) is 1.87. The highest BCUT2D eigenvalue weighted by Gasteiger charge is 2.16. The number of hydrogen-bond donors (Lipinski definition) is 1. The number of rotatable bonds is 0. The van der Waals surface area contributed by atoms with Crippen LogP contribution < -0.4 is 5.32 Å². The van der Waals surface area contributed by atoms with E-state index in [1.165, 1.54) is 28.0 Å². The Labute approximate surface area is 79.5 Å². The van der Waals surface area contributed by atoms with Crippen LogP contribution in [0.25, 0.3) is 0 Å². The van der Waals surface area contributed by atoms with E-state index in [0.717, 1.165) is 0 Å². The summed E-state index contributed by atoms with van der Waals surface area (Å²) < 4.78 is 0. The minimum absolute atomic E-state index is 1.23. The summed E-state index contributed by atoms with van der Waals surface area (Å²) in [6, 6.07) is 0. The molecule has 2 aliphatic rings. The molecule has 0 spiro atoms. The van der Waals surface area contributed by atoms with Crippen molar-refractivity contribution in [3.05, 3.63) is 52.8 Å². The van der Waals surface area contributed by atoms with Gasteiger partial charge >= 0.3 is 0 Å². The van der Waals surface area contributed by atoms with Gasteiger partial charge in [-0.1, -0.05) is 5.57 Å². The highest BCUT2D eigenvalue weighted by Crippen LogP contribution is 2.30. The maximum atomic E-state index is 3.26. The molecule has 0 saturated carbocycles. The van der Waals surface area contributed by atoms with E-state index in [-0.39, 0.29) is 0 Å². The summed E-state index contributed by atoms with van der Waals surface area (Å²) >= 11 is 0.